The zero-order valence-electron chi connectivity index (χ0n) is 54.3. The SMILES string of the molecule is [2H]c1cc(-c2cccc(N(c3ccc4c(c3)C3(c5cc(N(c6cccc(-c7cc([2H])c([2H])c([2H])c7)c6)c6cccc7c6C(C)(C)c6ccccc6-7)c6oc7ccccc7c6c5-4)C4CC5CC(C4)CC3C5)c3cccc4c3C(C)(C)c3ccccc3-4)c2)cc([2H])c1[2H]. The minimum Gasteiger partial charge on any atom is -0.454 e. The molecule has 0 N–H and O–H groups in total. The van der Waals surface area contributed by atoms with Crippen LogP contribution in [0.25, 0.3) is 77.6 Å². The number of rotatable bonds is 8. The van der Waals surface area contributed by atoms with E-state index >= 15 is 0 Å². The molecule has 0 amide bonds. The van der Waals surface area contributed by atoms with Crippen molar-refractivity contribution in [2.45, 2.75) is 76.0 Å². The van der Waals surface area contributed by atoms with Crippen LogP contribution < -0.4 is 9.80 Å². The topological polar surface area (TPSA) is 19.6 Å². The smallest absolute Gasteiger partial charge is 0.160 e. The number of para-hydroxylation sites is 1. The van der Waals surface area contributed by atoms with Gasteiger partial charge in [0.25, 0.3) is 0 Å². The molecule has 19 rings (SSSR count). The van der Waals surface area contributed by atoms with Crippen LogP contribution in [0.2, 0.25) is 0 Å². The maximum Gasteiger partial charge on any atom is 0.160 e. The lowest BCUT2D eigenvalue weighted by Crippen LogP contribution is -2.55. The van der Waals surface area contributed by atoms with Crippen LogP contribution in [0.5, 0.6) is 0 Å². The molecular weight excluding hydrogens is 1030 g/mol. The fourth-order valence-electron chi connectivity index (χ4n) is 18.3. The summed E-state index contributed by atoms with van der Waals surface area (Å²) in [5.41, 5.74) is 25.2. The average molecular weight is 1100 g/mol. The molecule has 4 fully saturated rings. The van der Waals surface area contributed by atoms with Crippen molar-refractivity contribution < 1.29 is 12.6 Å². The minimum atomic E-state index is -0.383. The van der Waals surface area contributed by atoms with E-state index in [-0.39, 0.29) is 52.5 Å². The van der Waals surface area contributed by atoms with Gasteiger partial charge in [0.05, 0.1) is 25.3 Å². The number of furan rings is 1. The van der Waals surface area contributed by atoms with Gasteiger partial charge < -0.3 is 14.2 Å². The predicted octanol–water partition coefficient (Wildman–Crippen LogP) is 22.2. The molecule has 7 aliphatic carbocycles. The standard InChI is InChI=1S/C82H66N2O/c1-80(2)67-34-14-11-29-61(67)63-32-19-36-71(77(63)80)83(58-27-17-25-54(46-58)52-21-7-5-8-22-52)60-39-40-65-69(48-60)82(56-42-50-41-51(44-56)45-57(82)43-50)70-49-73(79-76(75(65)70)66-31-13-16-38-74(66)85-79)84(59-28-18-26-55(47-59)53-23-9-6-10-24-53)72-37-20-33-64-62-30-12-15-35-68(62)81(3,4)78(64)72/h5-40,46-51,56-57H,41-45H2,1-4H3/i5D,6D,7D,8D,9D,10D. The third-order valence-electron chi connectivity index (χ3n) is 21.4. The van der Waals surface area contributed by atoms with E-state index in [1.54, 1.807) is 24.3 Å². The number of anilines is 6. The van der Waals surface area contributed by atoms with E-state index in [1.165, 1.54) is 98.9 Å². The van der Waals surface area contributed by atoms with Crippen LogP contribution in [0.4, 0.5) is 34.1 Å². The Labute approximate surface area is 507 Å². The Morgan fingerprint density at radius 3 is 1.49 bits per heavy atom. The molecule has 11 aromatic carbocycles. The number of nitrogens with zero attached hydrogens (tertiary/aromatic N) is 2. The molecule has 1 aromatic heterocycles. The Kier molecular flexibility index (Phi) is 9.17. The van der Waals surface area contributed by atoms with Crippen LogP contribution in [-0.2, 0) is 16.2 Å². The van der Waals surface area contributed by atoms with Crippen molar-refractivity contribution in [1.29, 1.82) is 0 Å². The molecule has 12 aromatic rings. The summed E-state index contributed by atoms with van der Waals surface area (Å²) in [4.78, 5) is 4.98. The van der Waals surface area contributed by atoms with Gasteiger partial charge in [0.15, 0.2) is 5.58 Å². The second kappa shape index (κ2) is 17.9. The summed E-state index contributed by atoms with van der Waals surface area (Å²) in [6.45, 7) is 9.45. The van der Waals surface area contributed by atoms with Crippen LogP contribution in [0.15, 0.2) is 247 Å². The first kappa shape index (κ1) is 43.5. The first-order chi connectivity index (χ1) is 44.1. The fourth-order valence-corrected chi connectivity index (χ4v) is 18.3. The Hall–Kier alpha value is -9.18. The number of hydrogen-bond donors (Lipinski definition) is 0. The van der Waals surface area contributed by atoms with Crippen LogP contribution in [-0.4, -0.2) is 0 Å². The van der Waals surface area contributed by atoms with Gasteiger partial charge in [-0.05, 0) is 205 Å². The molecule has 85 heavy (non-hydrogen) atoms. The molecule has 7 aliphatic rings. The molecule has 1 heterocycles. The van der Waals surface area contributed by atoms with Crippen LogP contribution in [0, 0.1) is 23.7 Å². The van der Waals surface area contributed by atoms with E-state index in [0.717, 1.165) is 78.3 Å². The normalized spacial score (nSPS) is 21.9. The average Bonchev–Trinajstić information content (AvgIpc) is 1.53. The van der Waals surface area contributed by atoms with Gasteiger partial charge in [-0.2, -0.15) is 0 Å². The van der Waals surface area contributed by atoms with Crippen molar-refractivity contribution in [3.05, 3.63) is 276 Å². The van der Waals surface area contributed by atoms with E-state index in [9.17, 15) is 0 Å². The Morgan fingerprint density at radius 1 is 0.388 bits per heavy atom. The third-order valence-corrected chi connectivity index (χ3v) is 21.4. The molecular formula is C82H66N2O. The zero-order chi connectivity index (χ0) is 61.7. The van der Waals surface area contributed by atoms with Gasteiger partial charge in [0.1, 0.15) is 5.58 Å². The molecule has 4 bridgehead atoms. The van der Waals surface area contributed by atoms with E-state index in [1.807, 2.05) is 0 Å². The monoisotopic (exact) mass is 1100 g/mol. The van der Waals surface area contributed by atoms with Crippen molar-refractivity contribution >= 4 is 56.1 Å². The Bertz CT molecular complexity index is 5080. The van der Waals surface area contributed by atoms with Crippen molar-refractivity contribution in [1.82, 2.24) is 0 Å². The molecule has 0 atom stereocenters. The van der Waals surface area contributed by atoms with E-state index in [4.69, 9.17) is 12.6 Å². The highest BCUT2D eigenvalue weighted by atomic mass is 16.3. The van der Waals surface area contributed by atoms with E-state index in [2.05, 4.69) is 219 Å². The highest BCUT2D eigenvalue weighted by molar-refractivity contribution is 6.20. The molecule has 0 radical (unpaired) electrons. The second-order valence-electron chi connectivity index (χ2n) is 26.4. The summed E-state index contributed by atoms with van der Waals surface area (Å²) >= 11 is 0. The number of benzene rings is 11. The second-order valence-corrected chi connectivity index (χ2v) is 26.4. The van der Waals surface area contributed by atoms with Crippen LogP contribution in [0.3, 0.4) is 0 Å². The summed E-state index contributed by atoms with van der Waals surface area (Å²) < 4.78 is 59.5. The van der Waals surface area contributed by atoms with Gasteiger partial charge in [0, 0.05) is 44.1 Å². The summed E-state index contributed by atoms with van der Waals surface area (Å²) in [5, 5.41) is 2.20. The highest BCUT2D eigenvalue weighted by Crippen LogP contribution is 2.72. The minimum absolute atomic E-state index is 0.0260. The quantitative estimate of drug-likeness (QED) is 0.151. The molecule has 3 nitrogen and oxygen atoms in total. The summed E-state index contributed by atoms with van der Waals surface area (Å²) in [6, 6.07) is 74.0. The zero-order valence-corrected chi connectivity index (χ0v) is 48.3. The lowest BCUT2D eigenvalue weighted by Gasteiger charge is -2.61. The Balaban J connectivity index is 0.920. The van der Waals surface area contributed by atoms with Crippen LogP contribution >= 0.6 is 0 Å². The number of fused-ring (bicyclic) bond motifs is 13. The largest absolute Gasteiger partial charge is 0.454 e. The molecule has 3 heteroatoms. The maximum atomic E-state index is 8.79. The number of hydrogen-bond acceptors (Lipinski definition) is 3. The molecule has 0 saturated heterocycles. The third kappa shape index (κ3) is 6.84. The fraction of sp³-hybridized carbons (Fsp3) is 0.195. The first-order valence-electron chi connectivity index (χ1n) is 33.6. The summed E-state index contributed by atoms with van der Waals surface area (Å²) in [5.74, 6) is 2.14. The van der Waals surface area contributed by atoms with E-state index < -0.39 is 0 Å². The lowest BCUT2D eigenvalue weighted by molar-refractivity contribution is -0.0398. The Morgan fingerprint density at radius 2 is 0.894 bits per heavy atom. The molecule has 4 saturated carbocycles. The molecule has 0 unspecified atom stereocenters. The van der Waals surface area contributed by atoms with Gasteiger partial charge in [-0.15, -0.1) is 0 Å². The van der Waals surface area contributed by atoms with E-state index in [0.29, 0.717) is 23.7 Å². The van der Waals surface area contributed by atoms with Crippen molar-refractivity contribution in [2.24, 2.45) is 23.7 Å². The molecule has 0 aliphatic heterocycles. The van der Waals surface area contributed by atoms with Gasteiger partial charge >= 0.3 is 0 Å². The van der Waals surface area contributed by atoms with Gasteiger partial charge in [-0.3, -0.25) is 0 Å². The van der Waals surface area contributed by atoms with Gasteiger partial charge in [-0.1, -0.05) is 210 Å². The molecule has 410 valence electrons. The highest BCUT2D eigenvalue weighted by Gasteiger charge is 2.62. The van der Waals surface area contributed by atoms with Gasteiger partial charge in [-0.25, -0.2) is 0 Å². The predicted molar refractivity (Wildman–Crippen MR) is 352 cm³/mol. The lowest BCUT2D eigenvalue weighted by atomic mass is 9.43. The van der Waals surface area contributed by atoms with Crippen molar-refractivity contribution in [3.63, 3.8) is 0 Å². The van der Waals surface area contributed by atoms with Crippen LogP contribution in [0.1, 0.15) is 101 Å². The summed E-state index contributed by atoms with van der Waals surface area (Å²) in [7, 11) is 0. The van der Waals surface area contributed by atoms with Crippen molar-refractivity contribution in [2.75, 3.05) is 9.80 Å². The first-order valence-corrected chi connectivity index (χ1v) is 30.6. The molecule has 1 spiro atoms. The van der Waals surface area contributed by atoms with Gasteiger partial charge in [0.2, 0.25) is 0 Å². The summed E-state index contributed by atoms with van der Waals surface area (Å²) in [6.07, 6.45) is 5.99. The maximum absolute atomic E-state index is 8.79. The van der Waals surface area contributed by atoms with Crippen molar-refractivity contribution in [3.8, 4) is 55.6 Å².